The van der Waals surface area contributed by atoms with Crippen molar-refractivity contribution in [2.75, 3.05) is 6.54 Å². The van der Waals surface area contributed by atoms with E-state index in [-0.39, 0.29) is 11.5 Å². The lowest BCUT2D eigenvalue weighted by atomic mass is 9.84. The summed E-state index contributed by atoms with van der Waals surface area (Å²) in [6, 6.07) is 7.55. The summed E-state index contributed by atoms with van der Waals surface area (Å²) in [5, 5.41) is 7.78. The Kier molecular flexibility index (Phi) is 4.55. The molecular weight excluding hydrogens is 314 g/mol. The maximum Gasteiger partial charge on any atom is 0.275 e. The lowest BCUT2D eigenvalue weighted by Crippen LogP contribution is -2.38. The third kappa shape index (κ3) is 3.20. The first-order valence-corrected chi connectivity index (χ1v) is 9.52. The topological polar surface area (TPSA) is 66.1 Å². The number of hydrogen-bond acceptors (Lipinski definition) is 3. The highest BCUT2D eigenvalue weighted by Gasteiger charge is 2.33. The highest BCUT2D eigenvalue weighted by Crippen LogP contribution is 2.32. The second-order valence-corrected chi connectivity index (χ2v) is 7.48. The van der Waals surface area contributed by atoms with Gasteiger partial charge in [-0.2, -0.15) is 5.10 Å². The van der Waals surface area contributed by atoms with E-state index in [9.17, 15) is 9.59 Å². The van der Waals surface area contributed by atoms with Crippen LogP contribution in [0.25, 0.3) is 10.8 Å². The van der Waals surface area contributed by atoms with E-state index in [4.69, 9.17) is 0 Å². The average Bonchev–Trinajstić information content (AvgIpc) is 3.11. The summed E-state index contributed by atoms with van der Waals surface area (Å²) in [6.45, 7) is 0.797. The monoisotopic (exact) mass is 339 g/mol. The van der Waals surface area contributed by atoms with Gasteiger partial charge in [0.15, 0.2) is 5.69 Å². The maximum absolute atomic E-state index is 13.2. The molecule has 1 aliphatic carbocycles. The van der Waals surface area contributed by atoms with Crippen LogP contribution in [0.2, 0.25) is 0 Å². The summed E-state index contributed by atoms with van der Waals surface area (Å²) in [5.74, 6) is 0.721. The maximum atomic E-state index is 13.2. The highest BCUT2D eigenvalue weighted by atomic mass is 16.2. The van der Waals surface area contributed by atoms with Crippen molar-refractivity contribution in [2.45, 2.75) is 57.4 Å². The Balaban J connectivity index is 1.59. The number of carbonyl (C=O) groups excluding carboxylic acids is 1. The van der Waals surface area contributed by atoms with Gasteiger partial charge in [0.2, 0.25) is 0 Å². The van der Waals surface area contributed by atoms with E-state index < -0.39 is 0 Å². The van der Waals surface area contributed by atoms with Crippen LogP contribution in [-0.4, -0.2) is 33.6 Å². The third-order valence-electron chi connectivity index (χ3n) is 5.87. The van der Waals surface area contributed by atoms with Crippen molar-refractivity contribution in [1.82, 2.24) is 15.1 Å². The summed E-state index contributed by atoms with van der Waals surface area (Å²) in [6.07, 6.45) is 9.89. The molecule has 4 rings (SSSR count). The molecule has 25 heavy (non-hydrogen) atoms. The SMILES string of the molecule is O=C(c1n[nH]c(=O)c2ccccc12)N1CCCC1CC1CCCCC1. The van der Waals surface area contributed by atoms with E-state index in [0.29, 0.717) is 22.5 Å². The molecule has 0 bridgehead atoms. The van der Waals surface area contributed by atoms with Crippen molar-refractivity contribution in [2.24, 2.45) is 5.92 Å². The number of amides is 1. The Morgan fingerprint density at radius 3 is 2.64 bits per heavy atom. The van der Waals surface area contributed by atoms with E-state index in [2.05, 4.69) is 10.2 Å². The van der Waals surface area contributed by atoms with Gasteiger partial charge in [-0.3, -0.25) is 9.59 Å². The molecule has 5 nitrogen and oxygen atoms in total. The van der Waals surface area contributed by atoms with Gasteiger partial charge in [-0.15, -0.1) is 0 Å². The minimum Gasteiger partial charge on any atom is -0.334 e. The number of rotatable bonds is 3. The lowest BCUT2D eigenvalue weighted by Gasteiger charge is -2.30. The molecule has 0 radical (unpaired) electrons. The van der Waals surface area contributed by atoms with E-state index >= 15 is 0 Å². The molecule has 1 aliphatic heterocycles. The molecule has 1 aromatic heterocycles. The van der Waals surface area contributed by atoms with E-state index in [1.54, 1.807) is 6.07 Å². The molecule has 1 unspecified atom stereocenters. The summed E-state index contributed by atoms with van der Waals surface area (Å²) < 4.78 is 0. The number of carbonyl (C=O) groups is 1. The van der Waals surface area contributed by atoms with Crippen LogP contribution in [0.5, 0.6) is 0 Å². The zero-order valence-electron chi connectivity index (χ0n) is 14.5. The molecule has 2 fully saturated rings. The van der Waals surface area contributed by atoms with Gasteiger partial charge in [0.05, 0.1) is 5.39 Å². The number of hydrogen-bond donors (Lipinski definition) is 1. The Bertz CT molecular complexity index is 823. The average molecular weight is 339 g/mol. The first-order chi connectivity index (χ1) is 12.2. The normalized spacial score (nSPS) is 21.8. The van der Waals surface area contributed by atoms with Gasteiger partial charge >= 0.3 is 0 Å². The molecule has 1 aromatic carbocycles. The van der Waals surface area contributed by atoms with Gasteiger partial charge in [-0.1, -0.05) is 50.3 Å². The summed E-state index contributed by atoms with van der Waals surface area (Å²) >= 11 is 0. The number of H-pyrrole nitrogens is 1. The van der Waals surface area contributed by atoms with Gasteiger partial charge in [0.25, 0.3) is 11.5 Å². The van der Waals surface area contributed by atoms with E-state index in [1.165, 1.54) is 32.1 Å². The molecule has 5 heteroatoms. The van der Waals surface area contributed by atoms with Crippen molar-refractivity contribution in [3.05, 3.63) is 40.3 Å². The number of nitrogens with zero attached hydrogens (tertiary/aromatic N) is 2. The molecule has 2 aromatic rings. The van der Waals surface area contributed by atoms with E-state index in [0.717, 1.165) is 31.7 Å². The van der Waals surface area contributed by atoms with Gasteiger partial charge in [-0.05, 0) is 31.2 Å². The third-order valence-corrected chi connectivity index (χ3v) is 5.87. The van der Waals surface area contributed by atoms with Crippen LogP contribution in [-0.2, 0) is 0 Å². The summed E-state index contributed by atoms with van der Waals surface area (Å²) in [4.78, 5) is 27.1. The zero-order valence-corrected chi connectivity index (χ0v) is 14.5. The first kappa shape index (κ1) is 16.3. The van der Waals surface area contributed by atoms with Crippen LogP contribution in [0.3, 0.4) is 0 Å². The van der Waals surface area contributed by atoms with Crippen molar-refractivity contribution < 1.29 is 4.79 Å². The molecule has 1 amide bonds. The standard InChI is InChI=1S/C20H25N3O2/c24-19-17-11-5-4-10-16(17)18(21-22-19)20(25)23-12-6-9-15(23)13-14-7-2-1-3-8-14/h4-5,10-11,14-15H,1-3,6-9,12-13H2,(H,22,24). The minimum atomic E-state index is -0.243. The van der Waals surface area contributed by atoms with Crippen LogP contribution >= 0.6 is 0 Å². The molecular formula is C20H25N3O2. The van der Waals surface area contributed by atoms with Gasteiger partial charge in [-0.25, -0.2) is 5.10 Å². The molecule has 1 saturated carbocycles. The molecule has 2 heterocycles. The fourth-order valence-corrected chi connectivity index (χ4v) is 4.57. The quantitative estimate of drug-likeness (QED) is 0.931. The summed E-state index contributed by atoms with van der Waals surface area (Å²) in [7, 11) is 0. The molecule has 1 N–H and O–H groups in total. The fourth-order valence-electron chi connectivity index (χ4n) is 4.57. The first-order valence-electron chi connectivity index (χ1n) is 9.52. The van der Waals surface area contributed by atoms with Gasteiger partial charge in [0.1, 0.15) is 0 Å². The molecule has 0 spiro atoms. The van der Waals surface area contributed by atoms with Crippen molar-refractivity contribution in [3.8, 4) is 0 Å². The second-order valence-electron chi connectivity index (χ2n) is 7.48. The summed E-state index contributed by atoms with van der Waals surface area (Å²) in [5.41, 5.74) is 0.137. The van der Waals surface area contributed by atoms with Crippen molar-refractivity contribution in [1.29, 1.82) is 0 Å². The van der Waals surface area contributed by atoms with Gasteiger partial charge in [0, 0.05) is 18.0 Å². The number of fused-ring (bicyclic) bond motifs is 1. The van der Waals surface area contributed by atoms with Crippen LogP contribution in [0.15, 0.2) is 29.1 Å². The Labute approximate surface area is 147 Å². The Morgan fingerprint density at radius 1 is 1.08 bits per heavy atom. The number of likely N-dealkylation sites (tertiary alicyclic amines) is 1. The van der Waals surface area contributed by atoms with Crippen LogP contribution < -0.4 is 5.56 Å². The molecule has 132 valence electrons. The lowest BCUT2D eigenvalue weighted by molar-refractivity contribution is 0.0706. The highest BCUT2D eigenvalue weighted by molar-refractivity contribution is 6.04. The van der Waals surface area contributed by atoms with Crippen LogP contribution in [0, 0.1) is 5.92 Å². The number of benzene rings is 1. The predicted octanol–water partition coefficient (Wildman–Crippen LogP) is 3.50. The van der Waals surface area contributed by atoms with Crippen molar-refractivity contribution in [3.63, 3.8) is 0 Å². The largest absolute Gasteiger partial charge is 0.334 e. The van der Waals surface area contributed by atoms with Crippen LogP contribution in [0.4, 0.5) is 0 Å². The fraction of sp³-hybridized carbons (Fsp3) is 0.550. The smallest absolute Gasteiger partial charge is 0.275 e. The molecule has 1 atom stereocenters. The zero-order chi connectivity index (χ0) is 17.2. The molecule has 2 aliphatic rings. The van der Waals surface area contributed by atoms with Gasteiger partial charge < -0.3 is 4.90 Å². The Hall–Kier alpha value is -2.17. The number of aromatic nitrogens is 2. The van der Waals surface area contributed by atoms with Crippen molar-refractivity contribution >= 4 is 16.7 Å². The second kappa shape index (κ2) is 6.98. The van der Waals surface area contributed by atoms with Crippen LogP contribution in [0.1, 0.15) is 61.9 Å². The minimum absolute atomic E-state index is 0.0363. The Morgan fingerprint density at radius 2 is 1.84 bits per heavy atom. The predicted molar refractivity (Wildman–Crippen MR) is 97.6 cm³/mol. The number of aromatic amines is 1. The van der Waals surface area contributed by atoms with E-state index in [1.807, 2.05) is 23.1 Å². The molecule has 1 saturated heterocycles. The number of nitrogens with one attached hydrogen (secondary N) is 1.